The maximum atomic E-state index is 11.8. The van der Waals surface area contributed by atoms with Crippen LogP contribution in [0.25, 0.3) is 0 Å². The predicted molar refractivity (Wildman–Crippen MR) is 68.7 cm³/mol. The molecule has 0 spiro atoms. The summed E-state index contributed by atoms with van der Waals surface area (Å²) in [5.41, 5.74) is 0. The number of likely N-dealkylation sites (tertiary alicyclic amines) is 1. The molecule has 1 unspecified atom stereocenters. The molecule has 0 saturated carbocycles. The molecule has 1 fully saturated rings. The summed E-state index contributed by atoms with van der Waals surface area (Å²) in [6.45, 7) is 1.49. The molecule has 1 amide bonds. The minimum Gasteiger partial charge on any atom is -0.484 e. The number of carbonyl (C=O) groups is 1. The van der Waals surface area contributed by atoms with Crippen LogP contribution in [-0.4, -0.2) is 42.2 Å². The fourth-order valence-electron chi connectivity index (χ4n) is 1.98. The van der Waals surface area contributed by atoms with E-state index in [1.54, 1.807) is 29.2 Å². The Labute approximate surface area is 111 Å². The van der Waals surface area contributed by atoms with Crippen LogP contribution in [0.3, 0.4) is 0 Å². The van der Waals surface area contributed by atoms with E-state index in [4.69, 9.17) is 21.4 Å². The van der Waals surface area contributed by atoms with Crippen LogP contribution in [0.2, 0.25) is 5.02 Å². The van der Waals surface area contributed by atoms with Gasteiger partial charge in [0.1, 0.15) is 5.75 Å². The van der Waals surface area contributed by atoms with Crippen LogP contribution in [0.4, 0.5) is 0 Å². The molecule has 5 heteroatoms. The Morgan fingerprint density at radius 2 is 2.17 bits per heavy atom. The molecule has 2 rings (SSSR count). The molecule has 0 aliphatic carbocycles. The minimum absolute atomic E-state index is 0.0276. The number of halogens is 1. The molecule has 1 aromatic rings. The molecule has 1 saturated heterocycles. The topological polar surface area (TPSA) is 49.8 Å². The Bertz CT molecular complexity index is 407. The third-order valence-electron chi connectivity index (χ3n) is 3.07. The van der Waals surface area contributed by atoms with Gasteiger partial charge in [-0.2, -0.15) is 0 Å². The lowest BCUT2D eigenvalue weighted by Gasteiger charge is -2.16. The van der Waals surface area contributed by atoms with Crippen LogP contribution in [0.15, 0.2) is 24.3 Å². The first-order chi connectivity index (χ1) is 8.69. The van der Waals surface area contributed by atoms with E-state index in [1.807, 2.05) is 0 Å². The Kier molecular flexibility index (Phi) is 4.44. The fraction of sp³-hybridized carbons (Fsp3) is 0.462. The van der Waals surface area contributed by atoms with Gasteiger partial charge in [-0.1, -0.05) is 11.6 Å². The van der Waals surface area contributed by atoms with Crippen LogP contribution in [0.5, 0.6) is 5.75 Å². The van der Waals surface area contributed by atoms with E-state index in [9.17, 15) is 4.79 Å². The molecule has 98 valence electrons. The van der Waals surface area contributed by atoms with Crippen molar-refractivity contribution in [2.45, 2.75) is 6.42 Å². The van der Waals surface area contributed by atoms with Crippen molar-refractivity contribution in [3.63, 3.8) is 0 Å². The summed E-state index contributed by atoms with van der Waals surface area (Å²) in [7, 11) is 0. The summed E-state index contributed by atoms with van der Waals surface area (Å²) < 4.78 is 5.39. The van der Waals surface area contributed by atoms with Gasteiger partial charge < -0.3 is 14.7 Å². The molecule has 1 aliphatic rings. The highest BCUT2D eigenvalue weighted by molar-refractivity contribution is 6.30. The summed E-state index contributed by atoms with van der Waals surface area (Å²) in [5.74, 6) is 0.802. The average Bonchev–Trinajstić information content (AvgIpc) is 2.86. The molecule has 1 aliphatic heterocycles. The van der Waals surface area contributed by atoms with Crippen LogP contribution in [0.1, 0.15) is 6.42 Å². The second kappa shape index (κ2) is 6.07. The van der Waals surface area contributed by atoms with Crippen molar-refractivity contribution >= 4 is 17.5 Å². The number of hydrogen-bond acceptors (Lipinski definition) is 3. The largest absolute Gasteiger partial charge is 0.484 e. The van der Waals surface area contributed by atoms with E-state index in [0.717, 1.165) is 6.42 Å². The SMILES string of the molecule is O=C(COc1ccc(Cl)cc1)N1CCC(CO)C1. The second-order valence-electron chi connectivity index (χ2n) is 4.42. The molecule has 4 nitrogen and oxygen atoms in total. The van der Waals surface area contributed by atoms with Crippen LogP contribution in [0, 0.1) is 5.92 Å². The van der Waals surface area contributed by atoms with Gasteiger partial charge >= 0.3 is 0 Å². The van der Waals surface area contributed by atoms with E-state index in [2.05, 4.69) is 0 Å². The van der Waals surface area contributed by atoms with Gasteiger partial charge in [0.2, 0.25) is 0 Å². The number of ether oxygens (including phenoxy) is 1. The minimum atomic E-state index is -0.0408. The summed E-state index contributed by atoms with van der Waals surface area (Å²) >= 11 is 5.76. The molecule has 1 atom stereocenters. The molecular formula is C13H16ClNO3. The van der Waals surface area contributed by atoms with Crippen LogP contribution >= 0.6 is 11.6 Å². The Balaban J connectivity index is 1.80. The summed E-state index contributed by atoms with van der Waals surface area (Å²) in [6, 6.07) is 6.91. The lowest BCUT2D eigenvalue weighted by Crippen LogP contribution is -2.33. The molecule has 0 radical (unpaired) electrons. The number of nitrogens with zero attached hydrogens (tertiary/aromatic N) is 1. The number of benzene rings is 1. The zero-order valence-electron chi connectivity index (χ0n) is 10.0. The van der Waals surface area contributed by atoms with E-state index in [1.165, 1.54) is 0 Å². The molecule has 0 aromatic heterocycles. The van der Waals surface area contributed by atoms with E-state index in [0.29, 0.717) is 23.9 Å². The number of hydrogen-bond donors (Lipinski definition) is 1. The predicted octanol–water partition coefficient (Wildman–Crippen LogP) is 1.56. The lowest BCUT2D eigenvalue weighted by molar-refractivity contribution is -0.132. The highest BCUT2D eigenvalue weighted by Gasteiger charge is 2.25. The smallest absolute Gasteiger partial charge is 0.260 e. The van der Waals surface area contributed by atoms with Crippen molar-refractivity contribution in [1.82, 2.24) is 4.90 Å². The molecule has 0 bridgehead atoms. The quantitative estimate of drug-likeness (QED) is 0.902. The van der Waals surface area contributed by atoms with Gasteiger partial charge in [0, 0.05) is 30.6 Å². The maximum absolute atomic E-state index is 11.8. The van der Waals surface area contributed by atoms with Crippen molar-refractivity contribution < 1.29 is 14.6 Å². The van der Waals surface area contributed by atoms with Gasteiger partial charge in [0.05, 0.1) is 0 Å². The maximum Gasteiger partial charge on any atom is 0.260 e. The van der Waals surface area contributed by atoms with Crippen molar-refractivity contribution in [1.29, 1.82) is 0 Å². The van der Waals surface area contributed by atoms with E-state index < -0.39 is 0 Å². The van der Waals surface area contributed by atoms with Crippen molar-refractivity contribution in [3.8, 4) is 5.75 Å². The first kappa shape index (κ1) is 13.2. The van der Waals surface area contributed by atoms with Gasteiger partial charge in [-0.3, -0.25) is 4.79 Å². The van der Waals surface area contributed by atoms with E-state index >= 15 is 0 Å². The van der Waals surface area contributed by atoms with Gasteiger partial charge in [-0.05, 0) is 30.7 Å². The standard InChI is InChI=1S/C13H16ClNO3/c14-11-1-3-12(4-2-11)18-9-13(17)15-6-5-10(7-15)8-16/h1-4,10,16H,5-9H2. The normalized spacial score (nSPS) is 19.0. The first-order valence-electron chi connectivity index (χ1n) is 5.96. The summed E-state index contributed by atoms with van der Waals surface area (Å²) in [5, 5.41) is 9.66. The first-order valence-corrected chi connectivity index (χ1v) is 6.34. The third kappa shape index (κ3) is 3.37. The number of amides is 1. The van der Waals surface area contributed by atoms with Crippen LogP contribution in [-0.2, 0) is 4.79 Å². The van der Waals surface area contributed by atoms with Gasteiger partial charge in [0.25, 0.3) is 5.91 Å². The number of rotatable bonds is 4. The lowest BCUT2D eigenvalue weighted by atomic mass is 10.1. The number of carbonyl (C=O) groups excluding carboxylic acids is 1. The number of aliphatic hydroxyl groups is 1. The van der Waals surface area contributed by atoms with Crippen molar-refractivity contribution in [2.24, 2.45) is 5.92 Å². The van der Waals surface area contributed by atoms with Crippen LogP contribution < -0.4 is 4.74 Å². The fourth-order valence-corrected chi connectivity index (χ4v) is 2.10. The third-order valence-corrected chi connectivity index (χ3v) is 3.32. The summed E-state index contributed by atoms with van der Waals surface area (Å²) in [4.78, 5) is 13.6. The molecule has 1 heterocycles. The Morgan fingerprint density at radius 3 is 2.78 bits per heavy atom. The summed E-state index contributed by atoms with van der Waals surface area (Å²) in [6.07, 6.45) is 0.864. The van der Waals surface area contributed by atoms with Crippen molar-refractivity contribution in [3.05, 3.63) is 29.3 Å². The average molecular weight is 270 g/mol. The zero-order valence-corrected chi connectivity index (χ0v) is 10.8. The number of aliphatic hydroxyl groups excluding tert-OH is 1. The molecule has 1 N–H and O–H groups in total. The Hall–Kier alpha value is -1.26. The Morgan fingerprint density at radius 1 is 1.44 bits per heavy atom. The van der Waals surface area contributed by atoms with Gasteiger partial charge in [0.15, 0.2) is 6.61 Å². The second-order valence-corrected chi connectivity index (χ2v) is 4.86. The van der Waals surface area contributed by atoms with Crippen molar-refractivity contribution in [2.75, 3.05) is 26.3 Å². The van der Waals surface area contributed by atoms with Gasteiger partial charge in [-0.15, -0.1) is 0 Å². The monoisotopic (exact) mass is 269 g/mol. The highest BCUT2D eigenvalue weighted by atomic mass is 35.5. The highest BCUT2D eigenvalue weighted by Crippen LogP contribution is 2.17. The van der Waals surface area contributed by atoms with Gasteiger partial charge in [-0.25, -0.2) is 0 Å². The molecule has 18 heavy (non-hydrogen) atoms. The molecular weight excluding hydrogens is 254 g/mol. The van der Waals surface area contributed by atoms with E-state index in [-0.39, 0.29) is 25.0 Å². The molecule has 1 aromatic carbocycles. The zero-order chi connectivity index (χ0) is 13.0.